The number of halogens is 1. The molecule has 0 radical (unpaired) electrons. The number of thioether (sulfide) groups is 1. The molecule has 1 aromatic carbocycles. The van der Waals surface area contributed by atoms with Gasteiger partial charge in [0.15, 0.2) is 4.93 Å². The number of ether oxygens (including phenoxy) is 3. The molecule has 0 aliphatic heterocycles. The smallest absolute Gasteiger partial charge is 0.304 e. The molecule has 0 aliphatic carbocycles. The Bertz CT molecular complexity index is 610. The number of rotatable bonds is 12. The number of nitrogens with one attached hydrogen (secondary N) is 1. The molecule has 0 amide bonds. The Morgan fingerprint density at radius 1 is 1.37 bits per heavy atom. The lowest BCUT2D eigenvalue weighted by atomic mass is 10.2. The summed E-state index contributed by atoms with van der Waals surface area (Å²) in [7, 11) is 1.64. The van der Waals surface area contributed by atoms with Crippen LogP contribution < -0.4 is 10.2 Å². The largest absolute Gasteiger partial charge is 0.497 e. The van der Waals surface area contributed by atoms with Gasteiger partial charge >= 0.3 is 5.97 Å². The summed E-state index contributed by atoms with van der Waals surface area (Å²) in [4.78, 5) is 10.4. The number of benzene rings is 1. The van der Waals surface area contributed by atoms with Crippen LogP contribution in [0.15, 0.2) is 29.4 Å². The van der Waals surface area contributed by atoms with Crippen molar-refractivity contribution in [2.45, 2.75) is 51.0 Å². The van der Waals surface area contributed by atoms with Gasteiger partial charge in [-0.25, -0.2) is 0 Å². The second kappa shape index (κ2) is 12.1. The minimum absolute atomic E-state index is 0.337. The van der Waals surface area contributed by atoms with E-state index in [2.05, 4.69) is 10.5 Å². The Labute approximate surface area is 171 Å². The van der Waals surface area contributed by atoms with E-state index < -0.39 is 4.93 Å². The van der Waals surface area contributed by atoms with Crippen LogP contribution in [0.2, 0.25) is 0 Å². The van der Waals surface area contributed by atoms with Crippen LogP contribution in [0.3, 0.4) is 0 Å². The lowest BCUT2D eigenvalue weighted by Gasteiger charge is -2.30. The molecule has 8 heteroatoms. The number of hydrazone groups is 1. The van der Waals surface area contributed by atoms with Crippen molar-refractivity contribution in [3.05, 3.63) is 29.8 Å². The van der Waals surface area contributed by atoms with Crippen LogP contribution >= 0.6 is 23.4 Å². The van der Waals surface area contributed by atoms with Gasteiger partial charge in [-0.05, 0) is 38.0 Å². The molecule has 1 rings (SSSR count). The maximum absolute atomic E-state index is 11.3. The number of methoxy groups -OCH3 is 1. The highest BCUT2D eigenvalue weighted by Gasteiger charge is 2.33. The van der Waals surface area contributed by atoms with Crippen LogP contribution in [-0.2, 0) is 20.9 Å². The van der Waals surface area contributed by atoms with E-state index in [9.17, 15) is 4.79 Å². The van der Waals surface area contributed by atoms with E-state index in [1.807, 2.05) is 31.2 Å². The molecule has 27 heavy (non-hydrogen) atoms. The highest BCUT2D eigenvalue weighted by Crippen LogP contribution is 2.32. The molecule has 1 N–H and O–H groups in total. The van der Waals surface area contributed by atoms with Gasteiger partial charge < -0.3 is 14.2 Å². The highest BCUT2D eigenvalue weighted by molar-refractivity contribution is 8.00. The van der Waals surface area contributed by atoms with Gasteiger partial charge in [-0.1, -0.05) is 30.8 Å². The number of alkyl halides is 1. The first-order chi connectivity index (χ1) is 12.8. The zero-order chi connectivity index (χ0) is 20.3. The van der Waals surface area contributed by atoms with E-state index in [1.54, 1.807) is 21.0 Å². The first-order valence-electron chi connectivity index (χ1n) is 8.77. The molecule has 0 saturated carbocycles. The number of carbonyl (C=O) groups is 1. The third kappa shape index (κ3) is 8.86. The summed E-state index contributed by atoms with van der Waals surface area (Å²) in [6, 6.07) is 7.76. The van der Waals surface area contributed by atoms with Gasteiger partial charge in [0.05, 0.1) is 37.3 Å². The van der Waals surface area contributed by atoms with Gasteiger partial charge in [-0.2, -0.15) is 5.10 Å². The normalized spacial score (nSPS) is 15.0. The van der Waals surface area contributed by atoms with Crippen LogP contribution in [0.1, 0.15) is 39.7 Å². The molecule has 0 spiro atoms. The zero-order valence-electron chi connectivity index (χ0n) is 16.6. The second-order valence-electron chi connectivity index (χ2n) is 6.04. The fourth-order valence-electron chi connectivity index (χ4n) is 2.05. The predicted octanol–water partition coefficient (Wildman–Crippen LogP) is 4.16. The first kappa shape index (κ1) is 23.6. The molecule has 0 fully saturated rings. The van der Waals surface area contributed by atoms with Crippen LogP contribution in [0.5, 0.6) is 5.75 Å². The van der Waals surface area contributed by atoms with Gasteiger partial charge in [-0.3, -0.25) is 10.2 Å². The number of carbonyl (C=O) groups excluding carboxylic acids is 1. The number of nitrogens with zero attached hydrogens (tertiary/aromatic N) is 1. The molecule has 0 saturated heterocycles. The highest BCUT2D eigenvalue weighted by atomic mass is 35.5. The van der Waals surface area contributed by atoms with Crippen molar-refractivity contribution in [3.63, 3.8) is 0 Å². The van der Waals surface area contributed by atoms with E-state index in [-0.39, 0.29) is 11.3 Å². The standard InChI is InChI=1S/C19H29ClN2O4S/c1-6-17(12-25-11-16-7-9-18(24-5)10-8-16)22-21-13-27-19(4,14(2)20)26-15(3)23/h7-10,14,21H,6,11-13H2,1-5H3/b22-17+. The summed E-state index contributed by atoms with van der Waals surface area (Å²) in [5.41, 5.74) is 4.96. The van der Waals surface area contributed by atoms with E-state index in [0.29, 0.717) is 19.1 Å². The maximum atomic E-state index is 11.3. The van der Waals surface area contributed by atoms with E-state index in [1.165, 1.54) is 18.7 Å². The lowest BCUT2D eigenvalue weighted by molar-refractivity contribution is -0.147. The quantitative estimate of drug-likeness (QED) is 0.138. The Morgan fingerprint density at radius 3 is 2.56 bits per heavy atom. The van der Waals surface area contributed by atoms with Crippen molar-refractivity contribution < 1.29 is 19.0 Å². The number of hydrogen-bond donors (Lipinski definition) is 1. The summed E-state index contributed by atoms with van der Waals surface area (Å²) in [5.74, 6) is 0.925. The molecule has 6 nitrogen and oxygen atoms in total. The third-order valence-electron chi connectivity index (χ3n) is 3.83. The number of esters is 1. The van der Waals surface area contributed by atoms with Crippen molar-refractivity contribution in [3.8, 4) is 5.75 Å². The molecule has 0 heterocycles. The molecule has 1 aromatic rings. The van der Waals surface area contributed by atoms with Crippen LogP contribution in [0.25, 0.3) is 0 Å². The molecule has 2 unspecified atom stereocenters. The fraction of sp³-hybridized carbons (Fsp3) is 0.579. The number of hydrogen-bond acceptors (Lipinski definition) is 7. The molecule has 152 valence electrons. The van der Waals surface area contributed by atoms with Crippen molar-refractivity contribution in [1.82, 2.24) is 5.43 Å². The Hall–Kier alpha value is -1.44. The van der Waals surface area contributed by atoms with Gasteiger partial charge in [0.1, 0.15) is 5.75 Å². The van der Waals surface area contributed by atoms with Crippen molar-refractivity contribution in [1.29, 1.82) is 0 Å². The van der Waals surface area contributed by atoms with E-state index in [4.69, 9.17) is 25.8 Å². The molecule has 0 aromatic heterocycles. The first-order valence-corrected chi connectivity index (χ1v) is 10.2. The van der Waals surface area contributed by atoms with Crippen molar-refractivity contribution in [2.24, 2.45) is 5.10 Å². The van der Waals surface area contributed by atoms with Crippen LogP contribution in [0.4, 0.5) is 0 Å². The Morgan fingerprint density at radius 2 is 2.04 bits per heavy atom. The molecule has 2 atom stereocenters. The average Bonchev–Trinajstić information content (AvgIpc) is 2.63. The van der Waals surface area contributed by atoms with Crippen LogP contribution in [-0.4, -0.2) is 41.6 Å². The summed E-state index contributed by atoms with van der Waals surface area (Å²) < 4.78 is 16.2. The molecule has 0 aliphatic rings. The topological polar surface area (TPSA) is 69.2 Å². The zero-order valence-corrected chi connectivity index (χ0v) is 18.2. The lowest BCUT2D eigenvalue weighted by Crippen LogP contribution is -2.36. The van der Waals surface area contributed by atoms with Gasteiger partial charge in [0, 0.05) is 6.92 Å². The van der Waals surface area contributed by atoms with E-state index in [0.717, 1.165) is 23.4 Å². The predicted molar refractivity (Wildman–Crippen MR) is 111 cm³/mol. The van der Waals surface area contributed by atoms with Crippen LogP contribution in [0, 0.1) is 0 Å². The maximum Gasteiger partial charge on any atom is 0.304 e. The SMILES string of the molecule is CC/C(COCc1ccc(OC)cc1)=N\NCSC(C)(OC(C)=O)C(C)Cl. The molecular weight excluding hydrogens is 388 g/mol. The molecule has 0 bridgehead atoms. The second-order valence-corrected chi connectivity index (χ2v) is 8.09. The Balaban J connectivity index is 2.42. The summed E-state index contributed by atoms with van der Waals surface area (Å²) in [6.45, 7) is 7.93. The average molecular weight is 417 g/mol. The van der Waals surface area contributed by atoms with Crippen molar-refractivity contribution in [2.75, 3.05) is 19.6 Å². The summed E-state index contributed by atoms with van der Waals surface area (Å²) in [6.07, 6.45) is 0.771. The molecular formula is C19H29ClN2O4S. The minimum atomic E-state index is -0.812. The third-order valence-corrected chi connectivity index (χ3v) is 5.66. The van der Waals surface area contributed by atoms with Crippen molar-refractivity contribution >= 4 is 35.0 Å². The van der Waals surface area contributed by atoms with Gasteiger partial charge in [0.2, 0.25) is 0 Å². The fourth-order valence-corrected chi connectivity index (χ4v) is 3.11. The minimum Gasteiger partial charge on any atom is -0.497 e. The van der Waals surface area contributed by atoms with E-state index >= 15 is 0 Å². The van der Waals surface area contributed by atoms with Gasteiger partial charge in [-0.15, -0.1) is 11.6 Å². The summed E-state index contributed by atoms with van der Waals surface area (Å²) >= 11 is 7.55. The summed E-state index contributed by atoms with van der Waals surface area (Å²) in [5, 5.41) is 4.02. The Kier molecular flexibility index (Phi) is 10.6. The monoisotopic (exact) mass is 416 g/mol. The van der Waals surface area contributed by atoms with Gasteiger partial charge in [0.25, 0.3) is 0 Å².